The third-order valence-electron chi connectivity index (χ3n) is 10.9. The van der Waals surface area contributed by atoms with E-state index in [2.05, 4.69) is 57.0 Å². The second kappa shape index (κ2) is 16.7. The second-order valence-electron chi connectivity index (χ2n) is 15.3. The molecule has 0 saturated carbocycles. The smallest absolute Gasteiger partial charge is 0.407 e. The van der Waals surface area contributed by atoms with Crippen LogP contribution in [0.5, 0.6) is 0 Å². The number of aromatic amines is 1. The van der Waals surface area contributed by atoms with Crippen molar-refractivity contribution in [2.45, 2.75) is 84.0 Å². The molecule has 1 unspecified atom stereocenters. The number of alkyl carbamates (subject to hydrolysis) is 1. The second-order valence-corrected chi connectivity index (χ2v) is 17.5. The van der Waals surface area contributed by atoms with Gasteiger partial charge in [0.1, 0.15) is 24.5 Å². The van der Waals surface area contributed by atoms with Crippen molar-refractivity contribution < 1.29 is 29.0 Å². The first-order chi connectivity index (χ1) is 26.9. The van der Waals surface area contributed by atoms with Gasteiger partial charge in [-0.05, 0) is 66.4 Å². The van der Waals surface area contributed by atoms with Gasteiger partial charge in [0.2, 0.25) is 17.7 Å². The normalized spacial score (nSPS) is 19.4. The summed E-state index contributed by atoms with van der Waals surface area (Å²) in [4.78, 5) is 70.0. The van der Waals surface area contributed by atoms with E-state index >= 15 is 0 Å². The highest BCUT2D eigenvalue weighted by atomic mass is 32.1. The molecule has 7 rings (SSSR count). The molecule has 56 heavy (non-hydrogen) atoms. The SMILES string of the molecule is COC(=O)N[C@H](C(=O)N1CCCC1C1=NC=C(c2cc3sc(-c4ccc(-c5cnc([C@@H]6CCCN6C(=O)[C@@H](NC(=O)CO)C(C)C)[nH]5)cc4)cc3s2)C1)C(C)C. The molecule has 4 atom stereocenters. The molecule has 0 bridgehead atoms. The van der Waals surface area contributed by atoms with Crippen molar-refractivity contribution in [1.29, 1.82) is 0 Å². The number of aliphatic hydroxyl groups excluding tert-OH is 1. The average molecular weight is 800 g/mol. The molecular weight excluding hydrogens is 751 g/mol. The van der Waals surface area contributed by atoms with Crippen molar-refractivity contribution in [3.63, 3.8) is 0 Å². The molecule has 4 aromatic rings. The Bertz CT molecular complexity index is 2130. The minimum atomic E-state index is -0.715. The van der Waals surface area contributed by atoms with Gasteiger partial charge in [0.25, 0.3) is 0 Å². The summed E-state index contributed by atoms with van der Waals surface area (Å²) in [5.41, 5.74) is 5.13. The number of carbonyl (C=O) groups is 4. The zero-order valence-electron chi connectivity index (χ0n) is 32.3. The molecule has 296 valence electrons. The van der Waals surface area contributed by atoms with Gasteiger partial charge in [0.05, 0.1) is 31.1 Å². The summed E-state index contributed by atoms with van der Waals surface area (Å²) in [6.07, 6.45) is 7.20. The molecule has 3 aliphatic rings. The van der Waals surface area contributed by atoms with E-state index in [0.29, 0.717) is 19.5 Å². The topological polar surface area (TPSA) is 169 Å². The number of aromatic nitrogens is 2. The number of likely N-dealkylation sites (tertiary alicyclic amines) is 2. The summed E-state index contributed by atoms with van der Waals surface area (Å²) in [6, 6.07) is 11.2. The number of fused-ring (bicyclic) bond motifs is 1. The summed E-state index contributed by atoms with van der Waals surface area (Å²) in [7, 11) is 1.30. The maximum atomic E-state index is 13.6. The van der Waals surface area contributed by atoms with E-state index in [4.69, 9.17) is 9.73 Å². The van der Waals surface area contributed by atoms with Gasteiger partial charge >= 0.3 is 6.09 Å². The van der Waals surface area contributed by atoms with E-state index in [1.165, 1.54) is 26.3 Å². The molecule has 4 N–H and O–H groups in total. The average Bonchev–Trinajstić information content (AvgIpc) is 4.04. The first-order valence-electron chi connectivity index (χ1n) is 19.3. The lowest BCUT2D eigenvalue weighted by molar-refractivity contribution is -0.139. The summed E-state index contributed by atoms with van der Waals surface area (Å²) in [6.45, 7) is 8.16. The number of rotatable bonds is 12. The van der Waals surface area contributed by atoms with Gasteiger partial charge in [0, 0.05) is 50.6 Å². The Hall–Kier alpha value is -4.86. The van der Waals surface area contributed by atoms with E-state index < -0.39 is 30.7 Å². The highest BCUT2D eigenvalue weighted by molar-refractivity contribution is 7.30. The molecule has 4 amide bonds. The predicted octanol–water partition coefficient (Wildman–Crippen LogP) is 6.37. The van der Waals surface area contributed by atoms with Crippen LogP contribution < -0.4 is 10.6 Å². The molecule has 3 aliphatic heterocycles. The number of benzene rings is 1. The molecule has 0 radical (unpaired) electrons. The van der Waals surface area contributed by atoms with Crippen LogP contribution in [-0.2, 0) is 19.1 Å². The lowest BCUT2D eigenvalue weighted by atomic mass is 9.99. The van der Waals surface area contributed by atoms with Gasteiger partial charge in [-0.25, -0.2) is 9.78 Å². The highest BCUT2D eigenvalue weighted by Gasteiger charge is 2.39. The molecule has 2 fully saturated rings. The fourth-order valence-electron chi connectivity index (χ4n) is 7.89. The fraction of sp³-hybridized carbons (Fsp3) is 0.463. The Morgan fingerprint density at radius 3 is 2.11 bits per heavy atom. The van der Waals surface area contributed by atoms with E-state index in [0.717, 1.165) is 59.6 Å². The van der Waals surface area contributed by atoms with Crippen molar-refractivity contribution in [3.8, 4) is 21.7 Å². The zero-order chi connectivity index (χ0) is 39.7. The van der Waals surface area contributed by atoms with Gasteiger partial charge in [-0.1, -0.05) is 52.0 Å². The highest BCUT2D eigenvalue weighted by Crippen LogP contribution is 2.43. The monoisotopic (exact) mass is 799 g/mol. The van der Waals surface area contributed by atoms with Crippen molar-refractivity contribution in [2.75, 3.05) is 26.8 Å². The number of nitrogens with zero attached hydrogens (tertiary/aromatic N) is 4. The summed E-state index contributed by atoms with van der Waals surface area (Å²) < 4.78 is 7.21. The number of ether oxygens (including phenoxy) is 1. The number of methoxy groups -OCH3 is 1. The van der Waals surface area contributed by atoms with Crippen molar-refractivity contribution in [1.82, 2.24) is 30.4 Å². The molecule has 3 aromatic heterocycles. The van der Waals surface area contributed by atoms with E-state index in [1.54, 1.807) is 33.8 Å². The van der Waals surface area contributed by atoms with Crippen LogP contribution in [0.4, 0.5) is 4.79 Å². The molecule has 0 aliphatic carbocycles. The maximum absolute atomic E-state index is 13.6. The van der Waals surface area contributed by atoms with Crippen LogP contribution in [0, 0.1) is 11.8 Å². The Morgan fingerprint density at radius 2 is 1.46 bits per heavy atom. The van der Waals surface area contributed by atoms with Gasteiger partial charge in [-0.2, -0.15) is 0 Å². The standard InChI is InChI=1S/C41H49N7O6S2/c1-22(2)36(45-35(50)21-49)39(51)48-15-7-9-30(48)38-43-20-28(44-38)24-10-12-25(13-11-24)31-17-33-34(55-31)18-32(56-33)26-16-27(42-19-26)29-8-6-14-47(29)40(52)37(23(3)4)46-41(53)54-5/h10-13,17-20,22-23,29-30,36-37,49H,6-9,14-16,21H2,1-5H3,(H,43,44)(H,45,50)(H,46,53)/t29?,30-,36-,37-/m0/s1. The number of imidazole rings is 1. The minimum Gasteiger partial charge on any atom is -0.453 e. The number of allylic oxidation sites excluding steroid dienone is 1. The molecule has 2 saturated heterocycles. The van der Waals surface area contributed by atoms with E-state index in [9.17, 15) is 24.3 Å². The van der Waals surface area contributed by atoms with Crippen LogP contribution in [0.1, 0.15) is 76.5 Å². The van der Waals surface area contributed by atoms with Gasteiger partial charge < -0.3 is 35.3 Å². The number of nitrogens with one attached hydrogen (secondary N) is 3. The Labute approximate surface area is 334 Å². The number of thiophene rings is 2. The number of H-pyrrole nitrogens is 1. The van der Waals surface area contributed by atoms with Gasteiger partial charge in [-0.15, -0.1) is 22.7 Å². The molecular formula is C41H49N7O6S2. The van der Waals surface area contributed by atoms with Crippen LogP contribution in [0.3, 0.4) is 0 Å². The third kappa shape index (κ3) is 8.02. The quantitative estimate of drug-likeness (QED) is 0.129. The Kier molecular flexibility index (Phi) is 11.7. The van der Waals surface area contributed by atoms with Crippen LogP contribution in [0.2, 0.25) is 0 Å². The predicted molar refractivity (Wildman–Crippen MR) is 219 cm³/mol. The Balaban J connectivity index is 0.985. The van der Waals surface area contributed by atoms with Crippen molar-refractivity contribution in [2.24, 2.45) is 16.8 Å². The molecule has 13 nitrogen and oxygen atoms in total. The summed E-state index contributed by atoms with van der Waals surface area (Å²) in [5, 5.41) is 14.6. The van der Waals surface area contributed by atoms with Gasteiger partial charge in [-0.3, -0.25) is 19.4 Å². The minimum absolute atomic E-state index is 0.0810. The van der Waals surface area contributed by atoms with Crippen LogP contribution >= 0.6 is 22.7 Å². The number of hydrogen-bond donors (Lipinski definition) is 4. The van der Waals surface area contributed by atoms with Crippen LogP contribution in [0.15, 0.2) is 53.8 Å². The zero-order valence-corrected chi connectivity index (χ0v) is 34.0. The lowest BCUT2D eigenvalue weighted by Crippen LogP contribution is -2.53. The first kappa shape index (κ1) is 39.4. The van der Waals surface area contributed by atoms with E-state index in [1.807, 2.05) is 38.8 Å². The Morgan fingerprint density at radius 1 is 0.875 bits per heavy atom. The first-order valence-corrected chi connectivity index (χ1v) is 20.9. The van der Waals surface area contributed by atoms with Crippen molar-refractivity contribution in [3.05, 3.63) is 59.5 Å². The number of carbonyl (C=O) groups excluding carboxylic acids is 4. The number of aliphatic hydroxyl groups is 1. The van der Waals surface area contributed by atoms with Gasteiger partial charge in [0.15, 0.2) is 0 Å². The summed E-state index contributed by atoms with van der Waals surface area (Å²) >= 11 is 3.52. The van der Waals surface area contributed by atoms with Crippen LogP contribution in [-0.4, -0.2) is 99.3 Å². The molecule has 6 heterocycles. The van der Waals surface area contributed by atoms with Crippen molar-refractivity contribution >= 4 is 67.2 Å². The lowest BCUT2D eigenvalue weighted by Gasteiger charge is -2.31. The van der Waals surface area contributed by atoms with E-state index in [-0.39, 0.29) is 35.7 Å². The largest absolute Gasteiger partial charge is 0.453 e. The van der Waals surface area contributed by atoms with Crippen LogP contribution in [0.25, 0.3) is 36.7 Å². The number of amides is 4. The molecule has 15 heteroatoms. The fourth-order valence-corrected chi connectivity index (χ4v) is 10.3. The summed E-state index contributed by atoms with van der Waals surface area (Å²) in [5.74, 6) is -0.311. The number of aliphatic imine (C=N–C) groups is 1. The molecule has 1 aromatic carbocycles. The third-order valence-corrected chi connectivity index (χ3v) is 13.3. The number of hydrogen-bond acceptors (Lipinski definition) is 10. The molecule has 0 spiro atoms. The maximum Gasteiger partial charge on any atom is 0.407 e.